The first kappa shape index (κ1) is 20.6. The number of fused-ring (bicyclic) bond motifs is 1. The fraction of sp³-hybridized carbons (Fsp3) is 0.389. The Morgan fingerprint density at radius 3 is 2.66 bits per heavy atom. The molecule has 0 spiro atoms. The summed E-state index contributed by atoms with van der Waals surface area (Å²) in [4.78, 5) is 36.8. The first-order valence-corrected chi connectivity index (χ1v) is 9.16. The molecule has 0 aliphatic heterocycles. The van der Waals surface area contributed by atoms with E-state index in [1.54, 1.807) is 13.3 Å². The van der Waals surface area contributed by atoms with E-state index in [1.807, 2.05) is 13.8 Å². The number of pyridine rings is 1. The summed E-state index contributed by atoms with van der Waals surface area (Å²) in [6.07, 6.45) is 1.68. The Balaban J connectivity index is 2.14. The summed E-state index contributed by atoms with van der Waals surface area (Å²) in [7, 11) is 1.58. The number of imidazole rings is 1. The number of ether oxygens (including phenoxy) is 2. The number of methoxy groups -OCH3 is 1. The average molecular weight is 421 g/mol. The van der Waals surface area contributed by atoms with Gasteiger partial charge in [-0.1, -0.05) is 11.6 Å². The van der Waals surface area contributed by atoms with Crippen LogP contribution in [0.4, 0.5) is 5.95 Å². The van der Waals surface area contributed by atoms with Gasteiger partial charge in [0.15, 0.2) is 10.8 Å². The maximum atomic E-state index is 13.1. The number of carbonyl (C=O) groups excluding carboxylic acids is 1. The minimum Gasteiger partial charge on any atom is -0.496 e. The molecule has 0 saturated carbocycles. The molecule has 0 aromatic carbocycles. The van der Waals surface area contributed by atoms with Crippen molar-refractivity contribution in [2.75, 3.05) is 19.5 Å². The minimum absolute atomic E-state index is 0.00465. The van der Waals surface area contributed by atoms with Crippen molar-refractivity contribution in [3.05, 3.63) is 38.7 Å². The Morgan fingerprint density at radius 1 is 1.28 bits per heavy atom. The highest BCUT2D eigenvalue weighted by Crippen LogP contribution is 2.26. The van der Waals surface area contributed by atoms with E-state index in [1.165, 1.54) is 16.1 Å². The van der Waals surface area contributed by atoms with Crippen LogP contribution in [0.15, 0.2) is 11.0 Å². The Labute approximate surface area is 171 Å². The highest BCUT2D eigenvalue weighted by Gasteiger charge is 2.21. The van der Waals surface area contributed by atoms with Gasteiger partial charge in [-0.2, -0.15) is 9.97 Å². The van der Waals surface area contributed by atoms with Gasteiger partial charge in [0.25, 0.3) is 0 Å². The molecule has 0 amide bonds. The molecule has 3 heterocycles. The number of nitrogen functional groups attached to an aromatic ring is 1. The molecule has 29 heavy (non-hydrogen) atoms. The van der Waals surface area contributed by atoms with Crippen LogP contribution in [0.1, 0.15) is 23.7 Å². The van der Waals surface area contributed by atoms with Gasteiger partial charge in [-0.25, -0.2) is 4.79 Å². The second kappa shape index (κ2) is 8.08. The molecule has 3 aromatic rings. The van der Waals surface area contributed by atoms with Gasteiger partial charge in [0.2, 0.25) is 5.95 Å². The van der Waals surface area contributed by atoms with Gasteiger partial charge in [-0.05, 0) is 13.8 Å². The van der Waals surface area contributed by atoms with Crippen LogP contribution in [0.2, 0.25) is 5.15 Å². The molecule has 3 rings (SSSR count). The van der Waals surface area contributed by atoms with Crippen LogP contribution in [-0.4, -0.2) is 43.8 Å². The Morgan fingerprint density at radius 2 is 2.00 bits per heavy atom. The Hall–Kier alpha value is -3.14. The predicted molar refractivity (Wildman–Crippen MR) is 107 cm³/mol. The van der Waals surface area contributed by atoms with Gasteiger partial charge in [0.1, 0.15) is 17.9 Å². The fourth-order valence-electron chi connectivity index (χ4n) is 3.20. The zero-order valence-electron chi connectivity index (χ0n) is 16.5. The Kier molecular flexibility index (Phi) is 5.73. The van der Waals surface area contributed by atoms with E-state index in [-0.39, 0.29) is 36.4 Å². The largest absolute Gasteiger partial charge is 0.496 e. The molecular weight excluding hydrogens is 400 g/mol. The number of nitrogens with two attached hydrogens (primary N) is 1. The zero-order valence-corrected chi connectivity index (χ0v) is 17.3. The third-order valence-electron chi connectivity index (χ3n) is 4.51. The van der Waals surface area contributed by atoms with Gasteiger partial charge in [-0.15, -0.1) is 0 Å². The van der Waals surface area contributed by atoms with Crippen molar-refractivity contribution in [2.24, 2.45) is 0 Å². The van der Waals surface area contributed by atoms with E-state index in [4.69, 9.17) is 26.8 Å². The van der Waals surface area contributed by atoms with Crippen LogP contribution in [0.25, 0.3) is 11.2 Å². The SMILES string of the molecule is COc1c(C)cnc(Cn2c(=O)n(CCOC(C)=O)c3c(Cl)nc(N)nc32)c1C. The molecule has 11 heteroatoms. The average Bonchev–Trinajstić information content (AvgIpc) is 2.90. The van der Waals surface area contributed by atoms with E-state index < -0.39 is 11.7 Å². The van der Waals surface area contributed by atoms with Crippen LogP contribution < -0.4 is 16.2 Å². The number of hydrogen-bond acceptors (Lipinski definition) is 8. The normalized spacial score (nSPS) is 11.1. The zero-order chi connectivity index (χ0) is 21.3. The van der Waals surface area contributed by atoms with E-state index in [0.29, 0.717) is 17.0 Å². The maximum absolute atomic E-state index is 13.1. The summed E-state index contributed by atoms with van der Waals surface area (Å²) in [6.45, 7) is 5.29. The van der Waals surface area contributed by atoms with E-state index in [2.05, 4.69) is 15.0 Å². The van der Waals surface area contributed by atoms with Gasteiger partial charge >= 0.3 is 11.7 Å². The maximum Gasteiger partial charge on any atom is 0.330 e. The molecule has 0 unspecified atom stereocenters. The number of halogens is 1. The summed E-state index contributed by atoms with van der Waals surface area (Å²) in [6, 6.07) is 0. The first-order valence-electron chi connectivity index (χ1n) is 8.79. The van der Waals surface area contributed by atoms with E-state index in [9.17, 15) is 9.59 Å². The molecule has 0 aliphatic carbocycles. The lowest BCUT2D eigenvalue weighted by Gasteiger charge is -2.12. The van der Waals surface area contributed by atoms with Crippen molar-refractivity contribution >= 4 is 34.7 Å². The number of carbonyl (C=O) groups is 1. The van der Waals surface area contributed by atoms with Crippen molar-refractivity contribution in [1.82, 2.24) is 24.1 Å². The van der Waals surface area contributed by atoms with E-state index in [0.717, 1.165) is 11.1 Å². The fourth-order valence-corrected chi connectivity index (χ4v) is 3.47. The molecule has 0 bridgehead atoms. The molecule has 0 saturated heterocycles. The van der Waals surface area contributed by atoms with Crippen LogP contribution in [0, 0.1) is 13.8 Å². The van der Waals surface area contributed by atoms with Crippen molar-refractivity contribution in [3.8, 4) is 5.75 Å². The van der Waals surface area contributed by atoms with Gasteiger partial charge in [0.05, 0.1) is 25.9 Å². The molecule has 2 N–H and O–H groups in total. The van der Waals surface area contributed by atoms with Crippen molar-refractivity contribution in [2.45, 2.75) is 33.9 Å². The molecule has 154 valence electrons. The van der Waals surface area contributed by atoms with Gasteiger partial charge < -0.3 is 15.2 Å². The monoisotopic (exact) mass is 420 g/mol. The van der Waals surface area contributed by atoms with Crippen LogP contribution in [0.5, 0.6) is 5.75 Å². The van der Waals surface area contributed by atoms with Crippen LogP contribution >= 0.6 is 11.6 Å². The van der Waals surface area contributed by atoms with Crippen molar-refractivity contribution < 1.29 is 14.3 Å². The summed E-state index contributed by atoms with van der Waals surface area (Å²) >= 11 is 6.25. The number of esters is 1. The van der Waals surface area contributed by atoms with Gasteiger partial charge in [0, 0.05) is 24.2 Å². The number of anilines is 1. The third-order valence-corrected chi connectivity index (χ3v) is 4.77. The summed E-state index contributed by atoms with van der Waals surface area (Å²) in [5.41, 5.74) is 8.28. The molecule has 0 atom stereocenters. The third kappa shape index (κ3) is 3.88. The molecular formula is C18H21ClN6O4. The molecule has 3 aromatic heterocycles. The number of aryl methyl sites for hydroxylation is 1. The summed E-state index contributed by atoms with van der Waals surface area (Å²) < 4.78 is 13.2. The standard InChI is InChI=1S/C18H21ClN6O4/c1-9-7-21-12(10(2)14(9)28-4)8-25-16-13(15(19)22-17(20)23-16)24(18(25)27)5-6-29-11(3)26/h7H,5-6,8H2,1-4H3,(H2,20,22,23). The first-order chi connectivity index (χ1) is 13.7. The van der Waals surface area contributed by atoms with Gasteiger partial charge in [-0.3, -0.25) is 18.9 Å². The Bertz CT molecular complexity index is 1150. The lowest BCUT2D eigenvalue weighted by Crippen LogP contribution is -2.27. The highest BCUT2D eigenvalue weighted by molar-refractivity contribution is 6.33. The number of rotatable bonds is 6. The molecule has 10 nitrogen and oxygen atoms in total. The molecule has 0 fully saturated rings. The number of nitrogens with zero attached hydrogens (tertiary/aromatic N) is 5. The quantitative estimate of drug-likeness (QED) is 0.469. The summed E-state index contributed by atoms with van der Waals surface area (Å²) in [5, 5.41) is 0.0392. The van der Waals surface area contributed by atoms with Crippen LogP contribution in [-0.2, 0) is 22.6 Å². The number of aromatic nitrogens is 5. The second-order valence-corrected chi connectivity index (χ2v) is 6.81. The summed E-state index contributed by atoms with van der Waals surface area (Å²) in [5.74, 6) is 0.202. The predicted octanol–water partition coefficient (Wildman–Crippen LogP) is 1.46. The number of hydrogen-bond donors (Lipinski definition) is 1. The van der Waals surface area contributed by atoms with Crippen LogP contribution in [0.3, 0.4) is 0 Å². The molecule has 0 aliphatic rings. The minimum atomic E-state index is -0.444. The second-order valence-electron chi connectivity index (χ2n) is 6.45. The topological polar surface area (TPSA) is 127 Å². The lowest BCUT2D eigenvalue weighted by atomic mass is 10.1. The molecule has 0 radical (unpaired) electrons. The van der Waals surface area contributed by atoms with E-state index >= 15 is 0 Å². The van der Waals surface area contributed by atoms with Crippen molar-refractivity contribution in [3.63, 3.8) is 0 Å². The lowest BCUT2D eigenvalue weighted by molar-refractivity contribution is -0.141. The van der Waals surface area contributed by atoms with Crippen molar-refractivity contribution in [1.29, 1.82) is 0 Å². The highest BCUT2D eigenvalue weighted by atomic mass is 35.5. The smallest absolute Gasteiger partial charge is 0.330 e.